The minimum atomic E-state index is -0.414. The number of hydrogen-bond donors (Lipinski definition) is 2. The third-order valence-corrected chi connectivity index (χ3v) is 8.15. The average molecular weight is 438 g/mol. The van der Waals surface area contributed by atoms with Crippen LogP contribution >= 0.6 is 0 Å². The quantitative estimate of drug-likeness (QED) is 0.688. The Bertz CT molecular complexity index is 855. The first-order chi connectivity index (χ1) is 15.6. The first kappa shape index (κ1) is 21.5. The third kappa shape index (κ3) is 4.42. The monoisotopic (exact) mass is 437 g/mol. The van der Waals surface area contributed by atoms with Gasteiger partial charge in [-0.25, -0.2) is 0 Å². The fraction of sp³-hybridized carbons (Fsp3) is 0.615. The Morgan fingerprint density at radius 1 is 1.16 bits per heavy atom. The molecule has 1 aromatic rings. The molecule has 6 heteroatoms. The predicted octanol–water partition coefficient (Wildman–Crippen LogP) is 2.84. The summed E-state index contributed by atoms with van der Waals surface area (Å²) in [4.78, 5) is 27.8. The number of ether oxygens (including phenoxy) is 1. The van der Waals surface area contributed by atoms with E-state index in [2.05, 4.69) is 21.6 Å². The van der Waals surface area contributed by atoms with Crippen LogP contribution in [0.5, 0.6) is 5.75 Å². The van der Waals surface area contributed by atoms with Gasteiger partial charge in [-0.05, 0) is 61.8 Å². The molecule has 4 saturated carbocycles. The summed E-state index contributed by atoms with van der Waals surface area (Å²) in [5, 5.41) is 6.31. The van der Waals surface area contributed by atoms with Gasteiger partial charge in [0.2, 0.25) is 11.8 Å². The van der Waals surface area contributed by atoms with E-state index >= 15 is 0 Å². The van der Waals surface area contributed by atoms with Crippen molar-refractivity contribution in [3.05, 3.63) is 35.9 Å². The number of para-hydroxylation sites is 1. The summed E-state index contributed by atoms with van der Waals surface area (Å²) < 4.78 is 5.41. The van der Waals surface area contributed by atoms with E-state index in [9.17, 15) is 9.59 Å². The minimum absolute atomic E-state index is 0.0308. The van der Waals surface area contributed by atoms with Gasteiger partial charge >= 0.3 is 0 Å². The predicted molar refractivity (Wildman–Crippen MR) is 124 cm³/mol. The summed E-state index contributed by atoms with van der Waals surface area (Å²) in [6.45, 7) is 1.99. The second-order valence-corrected chi connectivity index (χ2v) is 10.2. The zero-order valence-electron chi connectivity index (χ0n) is 19.0. The Morgan fingerprint density at radius 2 is 1.88 bits per heavy atom. The number of carbonyl (C=O) groups excluding carboxylic acids is 2. The van der Waals surface area contributed by atoms with Crippen molar-refractivity contribution in [2.45, 2.75) is 50.6 Å². The molecule has 1 aliphatic heterocycles. The van der Waals surface area contributed by atoms with Gasteiger partial charge in [-0.1, -0.05) is 30.4 Å². The number of rotatable bonds is 7. The molecule has 2 amide bonds. The lowest BCUT2D eigenvalue weighted by Gasteiger charge is -2.54. The second-order valence-electron chi connectivity index (χ2n) is 10.2. The van der Waals surface area contributed by atoms with Crippen molar-refractivity contribution in [1.82, 2.24) is 15.5 Å². The lowest BCUT2D eigenvalue weighted by atomic mass is 9.54. The van der Waals surface area contributed by atoms with Gasteiger partial charge in [-0.3, -0.25) is 14.5 Å². The molecule has 4 bridgehead atoms. The molecule has 0 aromatic heterocycles. The number of nitrogens with one attached hydrogen (secondary N) is 2. The summed E-state index contributed by atoms with van der Waals surface area (Å²) >= 11 is 0. The highest BCUT2D eigenvalue weighted by Crippen LogP contribution is 2.53. The van der Waals surface area contributed by atoms with E-state index in [1.54, 1.807) is 7.11 Å². The normalized spacial score (nSPS) is 34.0. The molecule has 5 aliphatic rings. The van der Waals surface area contributed by atoms with Crippen LogP contribution in [0.15, 0.2) is 30.3 Å². The van der Waals surface area contributed by atoms with Crippen LogP contribution in [0.3, 0.4) is 0 Å². The molecule has 32 heavy (non-hydrogen) atoms. The molecular weight excluding hydrogens is 402 g/mol. The molecule has 0 spiro atoms. The fourth-order valence-corrected chi connectivity index (χ4v) is 6.90. The van der Waals surface area contributed by atoms with E-state index in [-0.39, 0.29) is 18.2 Å². The van der Waals surface area contributed by atoms with Crippen LogP contribution in [0.2, 0.25) is 0 Å². The highest BCUT2D eigenvalue weighted by atomic mass is 16.5. The van der Waals surface area contributed by atoms with Crippen LogP contribution in [-0.2, 0) is 9.59 Å². The van der Waals surface area contributed by atoms with Gasteiger partial charge < -0.3 is 15.4 Å². The maximum atomic E-state index is 13.0. The van der Waals surface area contributed by atoms with Crippen LogP contribution in [0.1, 0.15) is 44.1 Å². The number of nitrogens with zero attached hydrogens (tertiary/aromatic N) is 1. The molecule has 172 valence electrons. The smallest absolute Gasteiger partial charge is 0.237 e. The SMILES string of the molecule is COc1ccccc1/C=C/CN1CCNC(=O)[C@@H]1CC(=O)NC1C2CC3CC(C2)CC1C3. The lowest BCUT2D eigenvalue weighted by Crippen LogP contribution is -2.59. The number of carbonyl (C=O) groups is 2. The van der Waals surface area contributed by atoms with Crippen LogP contribution in [0.4, 0.5) is 0 Å². The molecular formula is C26H35N3O3. The van der Waals surface area contributed by atoms with Crippen molar-refractivity contribution < 1.29 is 14.3 Å². The van der Waals surface area contributed by atoms with Gasteiger partial charge in [0, 0.05) is 31.2 Å². The highest BCUT2D eigenvalue weighted by Gasteiger charge is 2.48. The van der Waals surface area contributed by atoms with Crippen LogP contribution in [-0.4, -0.2) is 55.5 Å². The highest BCUT2D eigenvalue weighted by molar-refractivity contribution is 5.89. The van der Waals surface area contributed by atoms with Gasteiger partial charge in [0.1, 0.15) is 5.75 Å². The molecule has 6 rings (SSSR count). The van der Waals surface area contributed by atoms with E-state index in [0.29, 0.717) is 31.0 Å². The van der Waals surface area contributed by atoms with Gasteiger partial charge in [0.05, 0.1) is 19.6 Å². The van der Waals surface area contributed by atoms with Gasteiger partial charge in [-0.15, -0.1) is 0 Å². The van der Waals surface area contributed by atoms with Crippen LogP contribution < -0.4 is 15.4 Å². The number of benzene rings is 1. The van der Waals surface area contributed by atoms with Crippen molar-refractivity contribution in [2.75, 3.05) is 26.7 Å². The number of piperazine rings is 1. The summed E-state index contributed by atoms with van der Waals surface area (Å²) in [5.74, 6) is 3.89. The van der Waals surface area contributed by atoms with Crippen molar-refractivity contribution in [1.29, 1.82) is 0 Å². The molecule has 0 unspecified atom stereocenters. The molecule has 2 N–H and O–H groups in total. The van der Waals surface area contributed by atoms with Crippen molar-refractivity contribution in [3.63, 3.8) is 0 Å². The van der Waals surface area contributed by atoms with E-state index in [0.717, 1.165) is 29.7 Å². The molecule has 4 aliphatic carbocycles. The van der Waals surface area contributed by atoms with Crippen LogP contribution in [0, 0.1) is 23.7 Å². The Balaban J connectivity index is 1.20. The Labute approximate surface area is 190 Å². The summed E-state index contributed by atoms with van der Waals surface area (Å²) in [7, 11) is 1.67. The van der Waals surface area contributed by atoms with Gasteiger partial charge in [0.15, 0.2) is 0 Å². The summed E-state index contributed by atoms with van der Waals surface area (Å²) in [5.41, 5.74) is 1.01. The maximum absolute atomic E-state index is 13.0. The molecule has 0 radical (unpaired) electrons. The first-order valence-corrected chi connectivity index (χ1v) is 12.2. The van der Waals surface area contributed by atoms with Crippen molar-refractivity contribution >= 4 is 17.9 Å². The molecule has 5 fully saturated rings. The third-order valence-electron chi connectivity index (χ3n) is 8.15. The summed E-state index contributed by atoms with van der Waals surface area (Å²) in [6, 6.07) is 7.78. The number of amides is 2. The van der Waals surface area contributed by atoms with E-state index in [1.807, 2.05) is 30.3 Å². The molecule has 1 aromatic carbocycles. The molecule has 1 saturated heterocycles. The standard InChI is InChI=1S/C26H35N3O3/c1-32-23-7-3-2-5-19(23)6-4-9-29-10-8-27-26(31)22(29)16-24(30)28-25-20-12-17-11-18(14-20)15-21(25)13-17/h2-7,17-18,20-22,25H,8-16H2,1H3,(H,27,31)(H,28,30)/b6-4+/t17?,18?,20?,21?,22-,25?/m0/s1. The number of hydrogen-bond acceptors (Lipinski definition) is 4. The molecule has 6 nitrogen and oxygen atoms in total. The lowest BCUT2D eigenvalue weighted by molar-refractivity contribution is -0.135. The van der Waals surface area contributed by atoms with Crippen molar-refractivity contribution in [2.24, 2.45) is 23.7 Å². The average Bonchev–Trinajstić information content (AvgIpc) is 2.78. The Kier molecular flexibility index (Phi) is 6.22. The van der Waals surface area contributed by atoms with Gasteiger partial charge in [0.25, 0.3) is 0 Å². The van der Waals surface area contributed by atoms with E-state index in [1.165, 1.54) is 32.1 Å². The Morgan fingerprint density at radius 3 is 2.59 bits per heavy atom. The fourth-order valence-electron chi connectivity index (χ4n) is 6.90. The molecule has 1 heterocycles. The minimum Gasteiger partial charge on any atom is -0.496 e. The van der Waals surface area contributed by atoms with Gasteiger partial charge in [-0.2, -0.15) is 0 Å². The van der Waals surface area contributed by atoms with E-state index in [4.69, 9.17) is 4.74 Å². The second kappa shape index (κ2) is 9.26. The van der Waals surface area contributed by atoms with Crippen LogP contribution in [0.25, 0.3) is 6.08 Å². The zero-order valence-corrected chi connectivity index (χ0v) is 19.0. The largest absolute Gasteiger partial charge is 0.496 e. The zero-order chi connectivity index (χ0) is 22.1. The topological polar surface area (TPSA) is 70.7 Å². The maximum Gasteiger partial charge on any atom is 0.237 e. The number of methoxy groups -OCH3 is 1. The first-order valence-electron chi connectivity index (χ1n) is 12.2. The Hall–Kier alpha value is -2.34. The van der Waals surface area contributed by atoms with Crippen molar-refractivity contribution in [3.8, 4) is 5.75 Å². The summed E-state index contributed by atoms with van der Waals surface area (Å²) in [6.07, 6.45) is 10.8. The molecule has 1 atom stereocenters. The van der Waals surface area contributed by atoms with E-state index < -0.39 is 6.04 Å².